The van der Waals surface area contributed by atoms with E-state index in [0.717, 1.165) is 26.4 Å². The Morgan fingerprint density at radius 3 is 2.54 bits per heavy atom. The van der Waals surface area contributed by atoms with Gasteiger partial charge in [0.05, 0.1) is 10.2 Å². The summed E-state index contributed by atoms with van der Waals surface area (Å²) in [5.74, 6) is -0.796. The first-order valence-electron chi connectivity index (χ1n) is 8.46. The summed E-state index contributed by atoms with van der Waals surface area (Å²) in [6.07, 6.45) is 2.62. The van der Waals surface area contributed by atoms with Gasteiger partial charge in [-0.3, -0.25) is 4.79 Å². The number of carboxylic acids is 1. The van der Waals surface area contributed by atoms with E-state index in [2.05, 4.69) is 36.4 Å². The lowest BCUT2D eigenvalue weighted by Gasteiger charge is -2.05. The van der Waals surface area contributed by atoms with Gasteiger partial charge in [0.2, 0.25) is 0 Å². The smallest absolute Gasteiger partial charge is 0.303 e. The second-order valence-corrected chi connectivity index (χ2v) is 7.19. The molecule has 1 N–H and O–H groups in total. The average Bonchev–Trinajstić information content (AvgIpc) is 3.09. The van der Waals surface area contributed by atoms with E-state index in [4.69, 9.17) is 10.1 Å². The van der Waals surface area contributed by atoms with E-state index < -0.39 is 5.97 Å². The molecule has 4 aromatic rings. The molecule has 0 bridgehead atoms. The van der Waals surface area contributed by atoms with Gasteiger partial charge in [-0.1, -0.05) is 48.5 Å². The molecular weight excluding hydrogens is 342 g/mol. The van der Waals surface area contributed by atoms with Crippen molar-refractivity contribution in [3.05, 3.63) is 77.3 Å². The summed E-state index contributed by atoms with van der Waals surface area (Å²) in [6, 6.07) is 22.5. The van der Waals surface area contributed by atoms with Crippen LogP contribution in [0.5, 0.6) is 0 Å². The number of para-hydroxylation sites is 1. The maximum atomic E-state index is 11.1. The largest absolute Gasteiger partial charge is 0.481 e. The van der Waals surface area contributed by atoms with Crippen LogP contribution in [-0.2, 0) is 4.79 Å². The molecule has 0 radical (unpaired) electrons. The van der Waals surface area contributed by atoms with Crippen LogP contribution in [-0.4, -0.2) is 16.1 Å². The highest BCUT2D eigenvalue weighted by molar-refractivity contribution is 7.19. The van der Waals surface area contributed by atoms with Crippen molar-refractivity contribution in [2.75, 3.05) is 0 Å². The Bertz CT molecular complexity index is 1090. The molecule has 3 nitrogen and oxygen atoms in total. The van der Waals surface area contributed by atoms with Crippen LogP contribution >= 0.6 is 11.3 Å². The van der Waals surface area contributed by atoms with Crippen molar-refractivity contribution in [1.82, 2.24) is 4.98 Å². The molecule has 0 saturated heterocycles. The number of fused-ring (bicyclic) bond motifs is 2. The van der Waals surface area contributed by atoms with Gasteiger partial charge in [-0.05, 0) is 52.6 Å². The van der Waals surface area contributed by atoms with Gasteiger partial charge < -0.3 is 5.11 Å². The standard InChI is InChI=1S/C22H17NO2S/c24-21(25)12-11-18(22-23-19-7-3-4-8-20(19)26-22)14-15-9-10-16-5-1-2-6-17(16)13-15/h1-10,13-14H,11-12H2,(H,24,25)/b18-14-. The first-order valence-corrected chi connectivity index (χ1v) is 9.28. The van der Waals surface area contributed by atoms with Crippen LogP contribution in [0.4, 0.5) is 0 Å². The van der Waals surface area contributed by atoms with Crippen molar-refractivity contribution < 1.29 is 9.90 Å². The monoisotopic (exact) mass is 359 g/mol. The maximum Gasteiger partial charge on any atom is 0.303 e. The number of aliphatic carboxylic acids is 1. The van der Waals surface area contributed by atoms with E-state index in [0.29, 0.717) is 6.42 Å². The lowest BCUT2D eigenvalue weighted by molar-refractivity contribution is -0.136. The number of carbonyl (C=O) groups is 1. The number of hydrogen-bond donors (Lipinski definition) is 1. The van der Waals surface area contributed by atoms with Crippen LogP contribution in [0.2, 0.25) is 0 Å². The van der Waals surface area contributed by atoms with E-state index in [9.17, 15) is 4.79 Å². The van der Waals surface area contributed by atoms with Gasteiger partial charge in [0, 0.05) is 6.42 Å². The molecule has 0 saturated carbocycles. The lowest BCUT2D eigenvalue weighted by atomic mass is 10.0. The highest BCUT2D eigenvalue weighted by Gasteiger charge is 2.11. The third kappa shape index (κ3) is 3.51. The fourth-order valence-electron chi connectivity index (χ4n) is 2.99. The van der Waals surface area contributed by atoms with Crippen LogP contribution in [0.1, 0.15) is 23.4 Å². The zero-order valence-corrected chi connectivity index (χ0v) is 14.9. The SMILES string of the molecule is O=C(O)CC/C(=C/c1ccc2ccccc2c1)c1nc2ccccc2s1. The van der Waals surface area contributed by atoms with E-state index >= 15 is 0 Å². The normalized spacial score (nSPS) is 11.9. The van der Waals surface area contributed by atoms with Gasteiger partial charge >= 0.3 is 5.97 Å². The summed E-state index contributed by atoms with van der Waals surface area (Å²) in [6.45, 7) is 0. The van der Waals surface area contributed by atoms with Crippen LogP contribution in [0, 0.1) is 0 Å². The molecule has 26 heavy (non-hydrogen) atoms. The number of rotatable bonds is 5. The Morgan fingerprint density at radius 2 is 1.73 bits per heavy atom. The predicted molar refractivity (Wildman–Crippen MR) is 108 cm³/mol. The van der Waals surface area contributed by atoms with E-state index in [-0.39, 0.29) is 6.42 Å². The Hall–Kier alpha value is -2.98. The van der Waals surface area contributed by atoms with Crippen LogP contribution in [0.3, 0.4) is 0 Å². The predicted octanol–water partition coefficient (Wildman–Crippen LogP) is 5.85. The molecule has 0 amide bonds. The van der Waals surface area contributed by atoms with E-state index in [1.807, 2.05) is 36.4 Å². The molecular formula is C22H17NO2S. The Kier molecular flexibility index (Phi) is 4.50. The number of thiazole rings is 1. The average molecular weight is 359 g/mol. The number of hydrogen-bond acceptors (Lipinski definition) is 3. The van der Waals surface area contributed by atoms with Gasteiger partial charge in [-0.15, -0.1) is 11.3 Å². The van der Waals surface area contributed by atoms with Crippen molar-refractivity contribution in [3.63, 3.8) is 0 Å². The minimum Gasteiger partial charge on any atom is -0.481 e. The third-order valence-corrected chi connectivity index (χ3v) is 5.40. The number of nitrogens with zero attached hydrogens (tertiary/aromatic N) is 1. The zero-order chi connectivity index (χ0) is 17.9. The highest BCUT2D eigenvalue weighted by atomic mass is 32.1. The summed E-state index contributed by atoms with van der Waals surface area (Å²) in [4.78, 5) is 15.8. The molecule has 1 aromatic heterocycles. The van der Waals surface area contributed by atoms with Gasteiger partial charge in [-0.25, -0.2) is 4.98 Å². The van der Waals surface area contributed by atoms with Crippen molar-refractivity contribution in [1.29, 1.82) is 0 Å². The fourth-order valence-corrected chi connectivity index (χ4v) is 4.00. The fraction of sp³-hybridized carbons (Fsp3) is 0.0909. The minimum absolute atomic E-state index is 0.0926. The van der Waals surface area contributed by atoms with Gasteiger partial charge in [-0.2, -0.15) is 0 Å². The lowest BCUT2D eigenvalue weighted by Crippen LogP contribution is -1.95. The summed E-state index contributed by atoms with van der Waals surface area (Å²) in [5.41, 5.74) is 2.97. The van der Waals surface area contributed by atoms with Crippen molar-refractivity contribution in [2.24, 2.45) is 0 Å². The molecule has 0 aliphatic rings. The molecule has 0 unspecified atom stereocenters. The van der Waals surface area contributed by atoms with E-state index in [1.165, 1.54) is 10.8 Å². The second-order valence-electron chi connectivity index (χ2n) is 6.16. The zero-order valence-electron chi connectivity index (χ0n) is 14.1. The van der Waals surface area contributed by atoms with Crippen molar-refractivity contribution in [2.45, 2.75) is 12.8 Å². The molecule has 3 aromatic carbocycles. The first-order chi connectivity index (χ1) is 12.7. The molecule has 4 rings (SSSR count). The molecule has 0 atom stereocenters. The van der Waals surface area contributed by atoms with Gasteiger partial charge in [0.15, 0.2) is 0 Å². The Morgan fingerprint density at radius 1 is 0.962 bits per heavy atom. The summed E-state index contributed by atoms with van der Waals surface area (Å²) >= 11 is 1.61. The minimum atomic E-state index is -0.796. The molecule has 0 spiro atoms. The molecule has 1 heterocycles. The van der Waals surface area contributed by atoms with Crippen molar-refractivity contribution in [3.8, 4) is 0 Å². The third-order valence-electron chi connectivity index (χ3n) is 4.29. The summed E-state index contributed by atoms with van der Waals surface area (Å²) < 4.78 is 1.11. The van der Waals surface area contributed by atoms with E-state index in [1.54, 1.807) is 11.3 Å². The van der Waals surface area contributed by atoms with Crippen molar-refractivity contribution >= 4 is 49.9 Å². The molecule has 0 fully saturated rings. The van der Waals surface area contributed by atoms with Crippen LogP contribution in [0.15, 0.2) is 66.7 Å². The quantitative estimate of drug-likeness (QED) is 0.486. The number of benzene rings is 3. The van der Waals surface area contributed by atoms with Gasteiger partial charge in [0.1, 0.15) is 5.01 Å². The second kappa shape index (κ2) is 7.10. The van der Waals surface area contributed by atoms with Crippen LogP contribution < -0.4 is 0 Å². The topological polar surface area (TPSA) is 50.2 Å². The Labute approximate surface area is 155 Å². The summed E-state index contributed by atoms with van der Waals surface area (Å²) in [7, 11) is 0. The number of aromatic nitrogens is 1. The Balaban J connectivity index is 1.77. The van der Waals surface area contributed by atoms with Gasteiger partial charge in [0.25, 0.3) is 0 Å². The maximum absolute atomic E-state index is 11.1. The first kappa shape index (κ1) is 16.5. The molecule has 0 aliphatic carbocycles. The molecule has 128 valence electrons. The number of carboxylic acid groups (broad SMARTS) is 1. The molecule has 0 aliphatic heterocycles. The molecule has 4 heteroatoms. The highest BCUT2D eigenvalue weighted by Crippen LogP contribution is 2.31. The summed E-state index contributed by atoms with van der Waals surface area (Å²) in [5, 5.41) is 12.4. The van der Waals surface area contributed by atoms with Crippen LogP contribution in [0.25, 0.3) is 32.6 Å². The number of allylic oxidation sites excluding steroid dienone is 1.